The summed E-state index contributed by atoms with van der Waals surface area (Å²) in [5, 5.41) is 3.77. The molecule has 19 heavy (non-hydrogen) atoms. The van der Waals surface area contributed by atoms with Gasteiger partial charge in [-0.15, -0.1) is 0 Å². The second kappa shape index (κ2) is 7.64. The van der Waals surface area contributed by atoms with Gasteiger partial charge in [-0.25, -0.2) is 0 Å². The Bertz CT molecular complexity index is 252. The van der Waals surface area contributed by atoms with E-state index in [0.717, 1.165) is 12.0 Å². The fourth-order valence-corrected chi connectivity index (χ4v) is 4.39. The van der Waals surface area contributed by atoms with Crippen LogP contribution in [-0.4, -0.2) is 36.1 Å². The van der Waals surface area contributed by atoms with Crippen LogP contribution in [-0.2, 0) is 0 Å². The standard InChI is InChI=1S/C17H34N2/c1-4-12-18-16(5-2)14(3)19-13-8-10-15-9-6-7-11-17(15)19/h14-18H,4-13H2,1-3H3. The number of nitrogens with one attached hydrogen (secondary N) is 1. The Morgan fingerprint density at radius 1 is 1.11 bits per heavy atom. The molecular formula is C17H34N2. The first-order valence-electron chi connectivity index (χ1n) is 8.77. The number of rotatable bonds is 6. The van der Waals surface area contributed by atoms with E-state index in [1.54, 1.807) is 0 Å². The first kappa shape index (κ1) is 15.3. The average Bonchev–Trinajstić information content (AvgIpc) is 2.47. The molecule has 0 radical (unpaired) electrons. The summed E-state index contributed by atoms with van der Waals surface area (Å²) in [5.41, 5.74) is 0. The first-order valence-corrected chi connectivity index (χ1v) is 8.77. The zero-order chi connectivity index (χ0) is 13.7. The van der Waals surface area contributed by atoms with Gasteiger partial charge < -0.3 is 5.32 Å². The molecule has 0 aromatic carbocycles. The van der Waals surface area contributed by atoms with E-state index >= 15 is 0 Å². The summed E-state index contributed by atoms with van der Waals surface area (Å²) < 4.78 is 0. The maximum Gasteiger partial charge on any atom is 0.0224 e. The Balaban J connectivity index is 1.96. The summed E-state index contributed by atoms with van der Waals surface area (Å²) in [6.45, 7) is 9.58. The minimum Gasteiger partial charge on any atom is -0.312 e. The molecule has 2 fully saturated rings. The van der Waals surface area contributed by atoms with Crippen molar-refractivity contribution < 1.29 is 0 Å². The normalized spacial score (nSPS) is 31.7. The Kier molecular flexibility index (Phi) is 6.15. The van der Waals surface area contributed by atoms with Crippen molar-refractivity contribution in [1.29, 1.82) is 0 Å². The molecule has 0 spiro atoms. The molecule has 112 valence electrons. The number of likely N-dealkylation sites (tertiary alicyclic amines) is 1. The summed E-state index contributed by atoms with van der Waals surface area (Å²) in [6.07, 6.45) is 11.3. The zero-order valence-corrected chi connectivity index (χ0v) is 13.3. The average molecular weight is 266 g/mol. The lowest BCUT2D eigenvalue weighted by Crippen LogP contribution is -2.56. The minimum atomic E-state index is 0.681. The Hall–Kier alpha value is -0.0800. The van der Waals surface area contributed by atoms with Crippen LogP contribution in [0, 0.1) is 5.92 Å². The van der Waals surface area contributed by atoms with Crippen LogP contribution in [0.4, 0.5) is 0 Å². The Morgan fingerprint density at radius 2 is 1.84 bits per heavy atom. The predicted octanol–water partition coefficient (Wildman–Crippen LogP) is 3.81. The van der Waals surface area contributed by atoms with Crippen molar-refractivity contribution in [3.63, 3.8) is 0 Å². The van der Waals surface area contributed by atoms with Gasteiger partial charge in [-0.1, -0.05) is 26.7 Å². The van der Waals surface area contributed by atoms with E-state index in [9.17, 15) is 0 Å². The van der Waals surface area contributed by atoms with Gasteiger partial charge >= 0.3 is 0 Å². The molecule has 2 rings (SSSR count). The quantitative estimate of drug-likeness (QED) is 0.786. The third-order valence-electron chi connectivity index (χ3n) is 5.49. The largest absolute Gasteiger partial charge is 0.312 e. The molecule has 1 saturated carbocycles. The van der Waals surface area contributed by atoms with Crippen molar-refractivity contribution >= 4 is 0 Å². The SMILES string of the molecule is CCCNC(CC)C(C)N1CCCC2CCCCC21. The van der Waals surface area contributed by atoms with Gasteiger partial charge in [0.2, 0.25) is 0 Å². The van der Waals surface area contributed by atoms with Crippen molar-refractivity contribution in [3.05, 3.63) is 0 Å². The highest BCUT2D eigenvalue weighted by molar-refractivity contribution is 4.92. The van der Waals surface area contributed by atoms with Crippen LogP contribution in [0.2, 0.25) is 0 Å². The van der Waals surface area contributed by atoms with Crippen LogP contribution >= 0.6 is 0 Å². The van der Waals surface area contributed by atoms with Crippen LogP contribution in [0.5, 0.6) is 0 Å². The lowest BCUT2D eigenvalue weighted by Gasteiger charge is -2.48. The third-order valence-corrected chi connectivity index (χ3v) is 5.49. The second-order valence-electron chi connectivity index (χ2n) is 6.70. The van der Waals surface area contributed by atoms with Crippen molar-refractivity contribution in [2.45, 2.75) is 90.3 Å². The van der Waals surface area contributed by atoms with Crippen LogP contribution < -0.4 is 5.32 Å². The molecular weight excluding hydrogens is 232 g/mol. The molecule has 0 bridgehead atoms. The van der Waals surface area contributed by atoms with E-state index in [0.29, 0.717) is 12.1 Å². The van der Waals surface area contributed by atoms with Gasteiger partial charge in [-0.2, -0.15) is 0 Å². The topological polar surface area (TPSA) is 15.3 Å². The minimum absolute atomic E-state index is 0.681. The number of nitrogens with zero attached hydrogens (tertiary/aromatic N) is 1. The van der Waals surface area contributed by atoms with Crippen molar-refractivity contribution in [2.24, 2.45) is 5.92 Å². The van der Waals surface area contributed by atoms with E-state index in [1.807, 2.05) is 0 Å². The van der Waals surface area contributed by atoms with Crippen LogP contribution in [0.3, 0.4) is 0 Å². The van der Waals surface area contributed by atoms with E-state index in [-0.39, 0.29) is 0 Å². The van der Waals surface area contributed by atoms with Gasteiger partial charge in [0.25, 0.3) is 0 Å². The summed E-state index contributed by atoms with van der Waals surface area (Å²) in [5.74, 6) is 1.01. The van der Waals surface area contributed by atoms with Gasteiger partial charge in [-0.3, -0.25) is 4.90 Å². The molecule has 1 saturated heterocycles. The fourth-order valence-electron chi connectivity index (χ4n) is 4.39. The van der Waals surface area contributed by atoms with Gasteiger partial charge in [-0.05, 0) is 64.5 Å². The number of fused-ring (bicyclic) bond motifs is 1. The first-order chi connectivity index (χ1) is 9.27. The monoisotopic (exact) mass is 266 g/mol. The highest BCUT2D eigenvalue weighted by atomic mass is 15.2. The van der Waals surface area contributed by atoms with Crippen molar-refractivity contribution in [1.82, 2.24) is 10.2 Å². The number of piperidine rings is 1. The predicted molar refractivity (Wildman–Crippen MR) is 83.5 cm³/mol. The van der Waals surface area contributed by atoms with Gasteiger partial charge in [0.1, 0.15) is 0 Å². The molecule has 0 aromatic rings. The van der Waals surface area contributed by atoms with Crippen LogP contribution in [0.1, 0.15) is 72.1 Å². The van der Waals surface area contributed by atoms with E-state index < -0.39 is 0 Å². The molecule has 2 heteroatoms. The smallest absolute Gasteiger partial charge is 0.0224 e. The molecule has 1 aliphatic carbocycles. The molecule has 4 unspecified atom stereocenters. The summed E-state index contributed by atoms with van der Waals surface area (Å²) in [6, 6.07) is 2.29. The van der Waals surface area contributed by atoms with Gasteiger partial charge in [0, 0.05) is 18.1 Å². The van der Waals surface area contributed by atoms with Gasteiger partial charge in [0.05, 0.1) is 0 Å². The summed E-state index contributed by atoms with van der Waals surface area (Å²) in [7, 11) is 0. The van der Waals surface area contributed by atoms with Gasteiger partial charge in [0.15, 0.2) is 0 Å². The number of hydrogen-bond acceptors (Lipinski definition) is 2. The highest BCUT2D eigenvalue weighted by Gasteiger charge is 2.36. The zero-order valence-electron chi connectivity index (χ0n) is 13.3. The molecule has 2 aliphatic rings. The molecule has 2 nitrogen and oxygen atoms in total. The maximum atomic E-state index is 3.77. The third kappa shape index (κ3) is 3.72. The molecule has 0 amide bonds. The van der Waals surface area contributed by atoms with Crippen LogP contribution in [0.15, 0.2) is 0 Å². The van der Waals surface area contributed by atoms with Crippen LogP contribution in [0.25, 0.3) is 0 Å². The van der Waals surface area contributed by atoms with Crippen molar-refractivity contribution in [3.8, 4) is 0 Å². The molecule has 1 heterocycles. The molecule has 0 aromatic heterocycles. The van der Waals surface area contributed by atoms with E-state index in [4.69, 9.17) is 0 Å². The van der Waals surface area contributed by atoms with E-state index in [2.05, 4.69) is 31.0 Å². The highest BCUT2D eigenvalue weighted by Crippen LogP contribution is 2.36. The molecule has 1 N–H and O–H groups in total. The summed E-state index contributed by atoms with van der Waals surface area (Å²) >= 11 is 0. The summed E-state index contributed by atoms with van der Waals surface area (Å²) in [4.78, 5) is 2.87. The fraction of sp³-hybridized carbons (Fsp3) is 1.00. The Morgan fingerprint density at radius 3 is 2.58 bits per heavy atom. The molecule has 1 aliphatic heterocycles. The number of hydrogen-bond donors (Lipinski definition) is 1. The maximum absolute atomic E-state index is 3.77. The lowest BCUT2D eigenvalue weighted by molar-refractivity contribution is 0.0182. The lowest BCUT2D eigenvalue weighted by atomic mass is 9.77. The second-order valence-corrected chi connectivity index (χ2v) is 6.70. The Labute approximate surface area is 120 Å². The van der Waals surface area contributed by atoms with Crippen molar-refractivity contribution in [2.75, 3.05) is 13.1 Å². The van der Waals surface area contributed by atoms with E-state index in [1.165, 1.54) is 64.5 Å². The molecule has 4 atom stereocenters.